The molecule has 0 spiro atoms. The van der Waals surface area contributed by atoms with Gasteiger partial charge in [0.15, 0.2) is 0 Å². The largest absolute Gasteiger partial charge is 0.480 e. The number of hydrogen-bond donors (Lipinski definition) is 2. The highest BCUT2D eigenvalue weighted by molar-refractivity contribution is 5.80. The van der Waals surface area contributed by atoms with Crippen molar-refractivity contribution in [2.24, 2.45) is 0 Å². The van der Waals surface area contributed by atoms with E-state index in [9.17, 15) is 14.4 Å². The van der Waals surface area contributed by atoms with Crippen molar-refractivity contribution < 1.29 is 24.2 Å². The Labute approximate surface area is 279 Å². The van der Waals surface area contributed by atoms with Gasteiger partial charge in [-0.05, 0) is 38.5 Å². The summed E-state index contributed by atoms with van der Waals surface area (Å²) in [5, 5.41) is 11.1. The molecule has 0 aliphatic carbocycles. The number of unbranched alkanes of at least 4 members (excludes halogenated alkanes) is 25. The topological polar surface area (TPSA) is 92.7 Å². The Balaban J connectivity index is 4.11. The first-order chi connectivity index (χ1) is 22.0. The first kappa shape index (κ1) is 43.4. The van der Waals surface area contributed by atoms with E-state index < -0.39 is 5.97 Å². The minimum Gasteiger partial charge on any atom is -0.480 e. The van der Waals surface area contributed by atoms with Gasteiger partial charge in [-0.2, -0.15) is 0 Å². The fourth-order valence-electron chi connectivity index (χ4n) is 6.10. The molecule has 1 unspecified atom stereocenters. The van der Waals surface area contributed by atoms with E-state index in [0.29, 0.717) is 12.8 Å². The molecular formula is C39H75NO5. The Morgan fingerprint density at radius 1 is 0.489 bits per heavy atom. The summed E-state index contributed by atoms with van der Waals surface area (Å²) in [5.74, 6) is -1.22. The third-order valence-electron chi connectivity index (χ3n) is 9.03. The Bertz CT molecular complexity index is 668. The number of ether oxygens (including phenoxy) is 1. The van der Waals surface area contributed by atoms with E-state index in [1.165, 1.54) is 128 Å². The third kappa shape index (κ3) is 35.1. The van der Waals surface area contributed by atoms with Gasteiger partial charge in [-0.15, -0.1) is 0 Å². The predicted octanol–water partition coefficient (Wildman–Crippen LogP) is 11.6. The number of rotatable bonds is 36. The van der Waals surface area contributed by atoms with Gasteiger partial charge in [-0.3, -0.25) is 14.4 Å². The molecule has 0 aliphatic rings. The molecule has 45 heavy (non-hydrogen) atoms. The molecule has 0 saturated heterocycles. The molecule has 1 amide bonds. The van der Waals surface area contributed by atoms with Crippen molar-refractivity contribution in [1.82, 2.24) is 5.32 Å². The maximum Gasteiger partial charge on any atom is 0.322 e. The predicted molar refractivity (Wildman–Crippen MR) is 190 cm³/mol. The Morgan fingerprint density at radius 3 is 1.20 bits per heavy atom. The summed E-state index contributed by atoms with van der Waals surface area (Å²) >= 11 is 0. The molecule has 0 bridgehead atoms. The quantitative estimate of drug-likeness (QED) is 0.0526. The molecule has 0 saturated carbocycles. The molecule has 2 N–H and O–H groups in total. The molecule has 0 aromatic rings. The summed E-state index contributed by atoms with van der Waals surface area (Å²) in [6.45, 7) is 4.23. The highest BCUT2D eigenvalue weighted by Crippen LogP contribution is 2.19. The summed E-state index contributed by atoms with van der Waals surface area (Å²) in [4.78, 5) is 34.9. The van der Waals surface area contributed by atoms with Crippen molar-refractivity contribution in [2.75, 3.05) is 6.54 Å². The van der Waals surface area contributed by atoms with Crippen LogP contribution in [0.15, 0.2) is 0 Å². The van der Waals surface area contributed by atoms with Crippen LogP contribution >= 0.6 is 0 Å². The van der Waals surface area contributed by atoms with Gasteiger partial charge < -0.3 is 15.2 Å². The Kier molecular flexibility index (Phi) is 34.0. The molecule has 0 aliphatic heterocycles. The highest BCUT2D eigenvalue weighted by Gasteiger charge is 2.14. The second kappa shape index (κ2) is 35.3. The van der Waals surface area contributed by atoms with Crippen LogP contribution in [0.2, 0.25) is 0 Å². The Hall–Kier alpha value is -1.59. The molecule has 0 fully saturated rings. The second-order valence-electron chi connectivity index (χ2n) is 13.6. The van der Waals surface area contributed by atoms with Crippen molar-refractivity contribution >= 4 is 17.8 Å². The number of carbonyl (C=O) groups is 3. The van der Waals surface area contributed by atoms with Crippen molar-refractivity contribution in [3.63, 3.8) is 0 Å². The third-order valence-corrected chi connectivity index (χ3v) is 9.03. The molecular weight excluding hydrogens is 562 g/mol. The van der Waals surface area contributed by atoms with Gasteiger partial charge in [0.05, 0.1) is 0 Å². The average Bonchev–Trinajstić information content (AvgIpc) is 3.02. The minimum atomic E-state index is -1.01. The Morgan fingerprint density at radius 2 is 0.822 bits per heavy atom. The molecule has 266 valence electrons. The maximum atomic E-state index is 12.7. The number of amides is 1. The number of carbonyl (C=O) groups excluding carboxylic acids is 2. The zero-order chi connectivity index (χ0) is 33.1. The van der Waals surface area contributed by atoms with Crippen LogP contribution in [-0.2, 0) is 19.1 Å². The molecule has 0 radical (unpaired) electrons. The molecule has 0 rings (SSSR count). The smallest absolute Gasteiger partial charge is 0.322 e. The maximum absolute atomic E-state index is 12.7. The lowest BCUT2D eigenvalue weighted by atomic mass is 10.0. The lowest BCUT2D eigenvalue weighted by Crippen LogP contribution is -2.28. The van der Waals surface area contributed by atoms with Crippen LogP contribution in [0.5, 0.6) is 0 Å². The fourth-order valence-corrected chi connectivity index (χ4v) is 6.10. The zero-order valence-electron chi connectivity index (χ0n) is 30.0. The highest BCUT2D eigenvalue weighted by atomic mass is 16.5. The SMILES string of the molecule is CCCCCCCCCCCCCCCC(=O)OC(CCCCCCCCCCCC)CCCCCCCC(=O)NCC(=O)O. The number of hydrogen-bond acceptors (Lipinski definition) is 4. The summed E-state index contributed by atoms with van der Waals surface area (Å²) in [6.07, 6.45) is 37.9. The van der Waals surface area contributed by atoms with Crippen LogP contribution in [0.3, 0.4) is 0 Å². The van der Waals surface area contributed by atoms with Crippen molar-refractivity contribution in [3.8, 4) is 0 Å². The van der Waals surface area contributed by atoms with Crippen LogP contribution in [-0.4, -0.2) is 35.6 Å². The number of carboxylic acid groups (broad SMARTS) is 1. The van der Waals surface area contributed by atoms with Gasteiger partial charge in [0, 0.05) is 12.8 Å². The van der Waals surface area contributed by atoms with Crippen LogP contribution < -0.4 is 5.32 Å². The molecule has 6 nitrogen and oxygen atoms in total. The summed E-state index contributed by atoms with van der Waals surface area (Å²) < 4.78 is 6.01. The van der Waals surface area contributed by atoms with Crippen LogP contribution in [0.25, 0.3) is 0 Å². The monoisotopic (exact) mass is 638 g/mol. The van der Waals surface area contributed by atoms with E-state index in [1.807, 2.05) is 0 Å². The molecule has 0 aromatic heterocycles. The summed E-state index contributed by atoms with van der Waals surface area (Å²) in [5.41, 5.74) is 0. The minimum absolute atomic E-state index is 0.0116. The van der Waals surface area contributed by atoms with Crippen LogP contribution in [0.4, 0.5) is 0 Å². The number of esters is 1. The van der Waals surface area contributed by atoms with E-state index >= 15 is 0 Å². The fraction of sp³-hybridized carbons (Fsp3) is 0.923. The van der Waals surface area contributed by atoms with Gasteiger partial charge in [-0.25, -0.2) is 0 Å². The summed E-state index contributed by atoms with van der Waals surface area (Å²) in [7, 11) is 0. The van der Waals surface area contributed by atoms with Crippen molar-refractivity contribution in [2.45, 2.75) is 225 Å². The number of nitrogens with one attached hydrogen (secondary N) is 1. The molecule has 1 atom stereocenters. The van der Waals surface area contributed by atoms with Gasteiger partial charge >= 0.3 is 11.9 Å². The molecule has 0 aromatic carbocycles. The zero-order valence-corrected chi connectivity index (χ0v) is 30.0. The van der Waals surface area contributed by atoms with Gasteiger partial charge in [-0.1, -0.05) is 168 Å². The molecule has 6 heteroatoms. The van der Waals surface area contributed by atoms with Gasteiger partial charge in [0.2, 0.25) is 5.91 Å². The number of aliphatic carboxylic acids is 1. The lowest BCUT2D eigenvalue weighted by molar-refractivity contribution is -0.150. The van der Waals surface area contributed by atoms with E-state index in [1.54, 1.807) is 0 Å². The molecule has 0 heterocycles. The van der Waals surface area contributed by atoms with Crippen LogP contribution in [0, 0.1) is 0 Å². The van der Waals surface area contributed by atoms with Gasteiger partial charge in [0.25, 0.3) is 0 Å². The first-order valence-corrected chi connectivity index (χ1v) is 19.7. The van der Waals surface area contributed by atoms with Crippen molar-refractivity contribution in [3.05, 3.63) is 0 Å². The first-order valence-electron chi connectivity index (χ1n) is 19.7. The van der Waals surface area contributed by atoms with Crippen molar-refractivity contribution in [1.29, 1.82) is 0 Å². The van der Waals surface area contributed by atoms with Crippen LogP contribution in [0.1, 0.15) is 219 Å². The van der Waals surface area contributed by atoms with Gasteiger partial charge in [0.1, 0.15) is 12.6 Å². The lowest BCUT2D eigenvalue weighted by Gasteiger charge is -2.18. The number of carboxylic acids is 1. The average molecular weight is 638 g/mol. The summed E-state index contributed by atoms with van der Waals surface area (Å²) in [6, 6.07) is 0. The van der Waals surface area contributed by atoms with E-state index in [4.69, 9.17) is 9.84 Å². The normalized spacial score (nSPS) is 11.9. The second-order valence-corrected chi connectivity index (χ2v) is 13.6. The standard InChI is InChI=1S/C39H75NO5/c1-3-5-7-9-11-13-15-16-17-19-21-26-30-34-39(44)45-36(31-27-23-20-18-14-12-10-8-6-4-2)32-28-24-22-25-29-33-37(41)40-35-38(42)43/h36H,3-35H2,1-2H3,(H,40,41)(H,42,43). The van der Waals surface area contributed by atoms with E-state index in [-0.39, 0.29) is 24.5 Å². The van der Waals surface area contributed by atoms with E-state index in [0.717, 1.165) is 64.2 Å². The van der Waals surface area contributed by atoms with E-state index in [2.05, 4.69) is 19.2 Å².